The van der Waals surface area contributed by atoms with E-state index in [0.717, 1.165) is 18.4 Å². The summed E-state index contributed by atoms with van der Waals surface area (Å²) in [5.41, 5.74) is 2.90. The van der Waals surface area contributed by atoms with Crippen LogP contribution in [0.2, 0.25) is 0 Å². The van der Waals surface area contributed by atoms with Crippen LogP contribution >= 0.6 is 12.4 Å². The second kappa shape index (κ2) is 6.52. The summed E-state index contributed by atoms with van der Waals surface area (Å²) in [4.78, 5) is 23.3. The van der Waals surface area contributed by atoms with Crippen molar-refractivity contribution in [1.82, 2.24) is 0 Å². The first-order valence-corrected chi connectivity index (χ1v) is 7.56. The Morgan fingerprint density at radius 3 is 2.09 bits per heavy atom. The Bertz CT molecular complexity index is 619. The fraction of sp³-hybridized carbons (Fsp3) is 0.556. The minimum Gasteiger partial charge on any atom is -0.480 e. The van der Waals surface area contributed by atoms with E-state index in [2.05, 4.69) is 32.4 Å². The summed E-state index contributed by atoms with van der Waals surface area (Å²) in [5, 5.41) is 9.36. The SMILES string of the molecule is COC(=O)C(C(=O)O)c1ccc2c(c1)C(C)(C)CCC2(C)C.Cl. The van der Waals surface area contributed by atoms with Crippen LogP contribution in [0, 0.1) is 0 Å². The molecular weight excluding hydrogens is 316 g/mol. The Balaban J connectivity index is 0.00000264. The number of hydrogen-bond donors (Lipinski definition) is 1. The Morgan fingerprint density at radius 1 is 1.09 bits per heavy atom. The van der Waals surface area contributed by atoms with Crippen LogP contribution in [0.3, 0.4) is 0 Å². The van der Waals surface area contributed by atoms with Crippen LogP contribution in [0.4, 0.5) is 0 Å². The molecule has 1 N–H and O–H groups in total. The lowest BCUT2D eigenvalue weighted by Crippen LogP contribution is -2.34. The molecular formula is C18H25ClO4. The van der Waals surface area contributed by atoms with Crippen molar-refractivity contribution >= 4 is 24.3 Å². The van der Waals surface area contributed by atoms with Gasteiger partial charge in [0.15, 0.2) is 5.92 Å². The number of ether oxygens (including phenoxy) is 1. The molecule has 0 aliphatic heterocycles. The predicted octanol–water partition coefficient (Wildman–Crippen LogP) is 3.80. The van der Waals surface area contributed by atoms with Gasteiger partial charge >= 0.3 is 11.9 Å². The monoisotopic (exact) mass is 340 g/mol. The van der Waals surface area contributed by atoms with Gasteiger partial charge in [0, 0.05) is 0 Å². The number of carboxylic acids is 1. The lowest BCUT2D eigenvalue weighted by atomic mass is 9.62. The molecule has 0 bridgehead atoms. The molecule has 1 aliphatic rings. The number of carbonyl (C=O) groups excluding carboxylic acids is 1. The van der Waals surface area contributed by atoms with Gasteiger partial charge in [0.1, 0.15) is 0 Å². The molecule has 0 saturated heterocycles. The van der Waals surface area contributed by atoms with Crippen molar-refractivity contribution in [3.05, 3.63) is 34.9 Å². The fourth-order valence-corrected chi connectivity index (χ4v) is 3.28. The van der Waals surface area contributed by atoms with Gasteiger partial charge in [0.05, 0.1) is 7.11 Å². The van der Waals surface area contributed by atoms with Crippen LogP contribution in [0.25, 0.3) is 0 Å². The third-order valence-corrected chi connectivity index (χ3v) is 4.89. The van der Waals surface area contributed by atoms with Gasteiger partial charge in [0.2, 0.25) is 0 Å². The number of hydrogen-bond acceptors (Lipinski definition) is 3. The molecule has 2 rings (SSSR count). The largest absolute Gasteiger partial charge is 0.480 e. The standard InChI is InChI=1S/C18H24O4.ClH/c1-17(2)8-9-18(3,4)13-10-11(6-7-12(13)17)14(15(19)20)16(21)22-5;/h6-7,10,14H,8-9H2,1-5H3,(H,19,20);1H. The van der Waals surface area contributed by atoms with E-state index >= 15 is 0 Å². The number of fused-ring (bicyclic) bond motifs is 1. The van der Waals surface area contributed by atoms with E-state index in [1.165, 1.54) is 12.7 Å². The van der Waals surface area contributed by atoms with Crippen molar-refractivity contribution in [2.45, 2.75) is 57.3 Å². The van der Waals surface area contributed by atoms with Gasteiger partial charge in [-0.05, 0) is 40.4 Å². The molecule has 1 aromatic carbocycles. The highest BCUT2D eigenvalue weighted by Gasteiger charge is 2.38. The maximum atomic E-state index is 11.8. The van der Waals surface area contributed by atoms with Gasteiger partial charge in [0.25, 0.3) is 0 Å². The molecule has 1 aromatic rings. The van der Waals surface area contributed by atoms with Gasteiger partial charge in [-0.2, -0.15) is 0 Å². The molecule has 23 heavy (non-hydrogen) atoms. The first kappa shape index (κ1) is 19.5. The minimum atomic E-state index is -1.27. The molecule has 0 radical (unpaired) electrons. The Morgan fingerprint density at radius 2 is 1.61 bits per heavy atom. The molecule has 1 unspecified atom stereocenters. The van der Waals surface area contributed by atoms with E-state index in [9.17, 15) is 14.7 Å². The zero-order chi connectivity index (χ0) is 16.7. The number of aliphatic carboxylic acids is 1. The maximum absolute atomic E-state index is 11.8. The third kappa shape index (κ3) is 3.52. The number of carboxylic acid groups (broad SMARTS) is 1. The number of benzene rings is 1. The number of rotatable bonds is 3. The van der Waals surface area contributed by atoms with Crippen molar-refractivity contribution in [3.8, 4) is 0 Å². The molecule has 0 amide bonds. The van der Waals surface area contributed by atoms with Gasteiger partial charge in [-0.3, -0.25) is 9.59 Å². The van der Waals surface area contributed by atoms with Crippen LogP contribution in [0.5, 0.6) is 0 Å². The fourth-order valence-electron chi connectivity index (χ4n) is 3.28. The molecule has 0 aromatic heterocycles. The highest BCUT2D eigenvalue weighted by Crippen LogP contribution is 2.46. The van der Waals surface area contributed by atoms with Crippen molar-refractivity contribution < 1.29 is 19.4 Å². The second-order valence-electron chi connectivity index (χ2n) is 7.37. The first-order chi connectivity index (χ1) is 10.1. The van der Waals surface area contributed by atoms with Crippen LogP contribution in [-0.4, -0.2) is 24.2 Å². The van der Waals surface area contributed by atoms with Crippen LogP contribution in [-0.2, 0) is 25.2 Å². The van der Waals surface area contributed by atoms with E-state index in [1.54, 1.807) is 6.07 Å². The van der Waals surface area contributed by atoms with E-state index in [4.69, 9.17) is 0 Å². The van der Waals surface area contributed by atoms with Gasteiger partial charge in [-0.15, -0.1) is 12.4 Å². The average Bonchev–Trinajstić information content (AvgIpc) is 2.43. The molecule has 4 nitrogen and oxygen atoms in total. The lowest BCUT2D eigenvalue weighted by Gasteiger charge is -2.42. The van der Waals surface area contributed by atoms with E-state index in [1.807, 2.05) is 12.1 Å². The first-order valence-electron chi connectivity index (χ1n) is 7.56. The number of halogens is 1. The number of esters is 1. The summed E-state index contributed by atoms with van der Waals surface area (Å²) in [6, 6.07) is 5.61. The summed E-state index contributed by atoms with van der Waals surface area (Å²) in [7, 11) is 1.21. The summed E-state index contributed by atoms with van der Waals surface area (Å²) in [6.45, 7) is 8.74. The van der Waals surface area contributed by atoms with E-state index < -0.39 is 17.9 Å². The summed E-state index contributed by atoms with van der Waals surface area (Å²) in [6.07, 6.45) is 2.12. The highest BCUT2D eigenvalue weighted by atomic mass is 35.5. The molecule has 0 saturated carbocycles. The quantitative estimate of drug-likeness (QED) is 0.671. The zero-order valence-corrected chi connectivity index (χ0v) is 15.1. The van der Waals surface area contributed by atoms with Gasteiger partial charge < -0.3 is 9.84 Å². The Hall–Kier alpha value is -1.55. The number of methoxy groups -OCH3 is 1. The van der Waals surface area contributed by atoms with E-state index in [-0.39, 0.29) is 23.2 Å². The Labute approximate surface area is 143 Å². The van der Waals surface area contributed by atoms with Crippen LogP contribution in [0.15, 0.2) is 18.2 Å². The molecule has 1 atom stereocenters. The van der Waals surface area contributed by atoms with Gasteiger partial charge in [-0.25, -0.2) is 0 Å². The van der Waals surface area contributed by atoms with Gasteiger partial charge in [-0.1, -0.05) is 45.9 Å². The molecule has 0 spiro atoms. The average molecular weight is 341 g/mol. The minimum absolute atomic E-state index is 0. The van der Waals surface area contributed by atoms with Crippen LogP contribution in [0.1, 0.15) is 63.1 Å². The van der Waals surface area contributed by atoms with Crippen molar-refractivity contribution in [2.75, 3.05) is 7.11 Å². The normalized spacial score (nSPS) is 19.0. The second-order valence-corrected chi connectivity index (χ2v) is 7.37. The van der Waals surface area contributed by atoms with Crippen molar-refractivity contribution in [1.29, 1.82) is 0 Å². The van der Waals surface area contributed by atoms with E-state index in [0.29, 0.717) is 5.56 Å². The molecule has 128 valence electrons. The van der Waals surface area contributed by atoms with Crippen LogP contribution < -0.4 is 0 Å². The predicted molar refractivity (Wildman–Crippen MR) is 91.4 cm³/mol. The molecule has 5 heteroatoms. The number of carbonyl (C=O) groups is 2. The summed E-state index contributed by atoms with van der Waals surface area (Å²) < 4.78 is 4.65. The summed E-state index contributed by atoms with van der Waals surface area (Å²) >= 11 is 0. The smallest absolute Gasteiger partial charge is 0.324 e. The van der Waals surface area contributed by atoms with Crippen molar-refractivity contribution in [2.24, 2.45) is 0 Å². The summed E-state index contributed by atoms with van der Waals surface area (Å²) in [5.74, 6) is -3.18. The third-order valence-electron chi connectivity index (χ3n) is 4.89. The maximum Gasteiger partial charge on any atom is 0.324 e. The molecule has 1 aliphatic carbocycles. The van der Waals surface area contributed by atoms with Crippen molar-refractivity contribution in [3.63, 3.8) is 0 Å². The molecule has 0 heterocycles. The Kier molecular flexibility index (Phi) is 5.53. The topological polar surface area (TPSA) is 63.6 Å². The zero-order valence-electron chi connectivity index (χ0n) is 14.3. The lowest BCUT2D eigenvalue weighted by molar-refractivity contribution is -0.152. The molecule has 0 fully saturated rings. The highest BCUT2D eigenvalue weighted by molar-refractivity contribution is 6.00.